The van der Waals surface area contributed by atoms with E-state index >= 15 is 0 Å². The van der Waals surface area contributed by atoms with Gasteiger partial charge in [-0.15, -0.1) is 0 Å². The van der Waals surface area contributed by atoms with Crippen molar-refractivity contribution in [3.8, 4) is 0 Å². The molecule has 0 spiro atoms. The van der Waals surface area contributed by atoms with Crippen molar-refractivity contribution < 1.29 is 13.9 Å². The van der Waals surface area contributed by atoms with Crippen LogP contribution in [0, 0.1) is 0 Å². The molecule has 1 N–H and O–H groups in total. The zero-order valence-corrected chi connectivity index (χ0v) is 11.7. The molecule has 0 unspecified atom stereocenters. The van der Waals surface area contributed by atoms with Crippen molar-refractivity contribution in [2.75, 3.05) is 6.61 Å². The molecule has 2 aromatic rings. The fraction of sp³-hybridized carbons (Fsp3) is 0.375. The summed E-state index contributed by atoms with van der Waals surface area (Å²) in [6.45, 7) is 0.659. The van der Waals surface area contributed by atoms with Gasteiger partial charge in [0.05, 0.1) is 18.6 Å². The predicted molar refractivity (Wildman–Crippen MR) is 76.5 cm³/mol. The second-order valence-electron chi connectivity index (χ2n) is 5.17. The van der Waals surface area contributed by atoms with Crippen LogP contribution < -0.4 is 5.32 Å². The highest BCUT2D eigenvalue weighted by Gasteiger charge is 2.30. The summed E-state index contributed by atoms with van der Waals surface area (Å²) in [5.74, 6) is 0.0422. The molecule has 0 bridgehead atoms. The molecule has 0 radical (unpaired) electrons. The Kier molecular flexibility index (Phi) is 4.31. The lowest BCUT2D eigenvalue weighted by atomic mass is 10.0. The molecular weight excluding hydrogens is 268 g/mol. The summed E-state index contributed by atoms with van der Waals surface area (Å²) < 4.78 is 10.7. The third kappa shape index (κ3) is 3.49. The molecule has 1 saturated heterocycles. The molecule has 0 saturated carbocycles. The summed E-state index contributed by atoms with van der Waals surface area (Å²) in [5.41, 5.74) is 2.05. The van der Waals surface area contributed by atoms with Crippen LogP contribution in [0.15, 0.2) is 47.5 Å². The van der Waals surface area contributed by atoms with E-state index in [9.17, 15) is 4.79 Å². The Morgan fingerprint density at radius 3 is 3.14 bits per heavy atom. The molecule has 0 aliphatic carbocycles. The normalized spacial score (nSPS) is 21.3. The van der Waals surface area contributed by atoms with Crippen molar-refractivity contribution >= 4 is 5.91 Å². The molecule has 3 heterocycles. The standard InChI is InChI=1S/C16H18N2O3/c19-15(4-3-12-5-8-20-11-12)18-14-6-9-21-16(14)13-2-1-7-17-10-13/h1-2,5,7-8,10-11,14,16H,3-4,6,9H2,(H,18,19)/t14-,16+/m0/s1. The van der Waals surface area contributed by atoms with Crippen LogP contribution in [-0.4, -0.2) is 23.5 Å². The quantitative estimate of drug-likeness (QED) is 0.915. The summed E-state index contributed by atoms with van der Waals surface area (Å²) in [5, 5.41) is 3.07. The average molecular weight is 286 g/mol. The molecule has 0 aromatic carbocycles. The van der Waals surface area contributed by atoms with Crippen LogP contribution in [0.25, 0.3) is 0 Å². The van der Waals surface area contributed by atoms with Gasteiger partial charge < -0.3 is 14.5 Å². The van der Waals surface area contributed by atoms with Crippen molar-refractivity contribution in [1.82, 2.24) is 10.3 Å². The smallest absolute Gasteiger partial charge is 0.220 e. The van der Waals surface area contributed by atoms with Gasteiger partial charge in [0.1, 0.15) is 6.10 Å². The zero-order valence-electron chi connectivity index (χ0n) is 11.7. The number of hydrogen-bond donors (Lipinski definition) is 1. The molecule has 110 valence electrons. The molecular formula is C16H18N2O3. The van der Waals surface area contributed by atoms with E-state index in [4.69, 9.17) is 9.15 Å². The summed E-state index contributed by atoms with van der Waals surface area (Å²) in [4.78, 5) is 16.2. The number of rotatable bonds is 5. The molecule has 2 aromatic heterocycles. The predicted octanol–water partition coefficient (Wildman–Crippen LogP) is 2.25. The molecule has 1 amide bonds. The van der Waals surface area contributed by atoms with E-state index in [0.717, 1.165) is 17.5 Å². The number of carbonyl (C=O) groups excluding carboxylic acids is 1. The van der Waals surface area contributed by atoms with Gasteiger partial charge in [-0.05, 0) is 30.5 Å². The Morgan fingerprint density at radius 1 is 1.43 bits per heavy atom. The van der Waals surface area contributed by atoms with Crippen LogP contribution in [-0.2, 0) is 16.0 Å². The summed E-state index contributed by atoms with van der Waals surface area (Å²) >= 11 is 0. The van der Waals surface area contributed by atoms with E-state index in [0.29, 0.717) is 19.4 Å². The minimum atomic E-state index is -0.100. The first-order valence-electron chi connectivity index (χ1n) is 7.15. The van der Waals surface area contributed by atoms with Crippen LogP contribution in [0.1, 0.15) is 30.1 Å². The maximum atomic E-state index is 12.1. The minimum absolute atomic E-state index is 0.0195. The van der Waals surface area contributed by atoms with Crippen molar-refractivity contribution in [2.24, 2.45) is 0 Å². The monoisotopic (exact) mass is 286 g/mol. The van der Waals surface area contributed by atoms with Gasteiger partial charge in [0.15, 0.2) is 0 Å². The Morgan fingerprint density at radius 2 is 2.38 bits per heavy atom. The highest BCUT2D eigenvalue weighted by Crippen LogP contribution is 2.28. The van der Waals surface area contributed by atoms with Crippen molar-refractivity contribution in [2.45, 2.75) is 31.4 Å². The molecule has 1 aliphatic heterocycles. The van der Waals surface area contributed by atoms with E-state index in [1.807, 2.05) is 18.2 Å². The highest BCUT2D eigenvalue weighted by molar-refractivity contribution is 5.76. The van der Waals surface area contributed by atoms with E-state index < -0.39 is 0 Å². The van der Waals surface area contributed by atoms with Gasteiger partial charge in [-0.1, -0.05) is 6.07 Å². The second-order valence-corrected chi connectivity index (χ2v) is 5.17. The minimum Gasteiger partial charge on any atom is -0.472 e. The molecule has 5 nitrogen and oxygen atoms in total. The SMILES string of the molecule is O=C(CCc1ccoc1)N[C@H]1CCO[C@@H]1c1cccnc1. The number of carbonyl (C=O) groups is 1. The highest BCUT2D eigenvalue weighted by atomic mass is 16.5. The third-order valence-corrected chi connectivity index (χ3v) is 3.67. The lowest BCUT2D eigenvalue weighted by Crippen LogP contribution is -2.36. The topological polar surface area (TPSA) is 64.4 Å². The lowest BCUT2D eigenvalue weighted by molar-refractivity contribution is -0.122. The Labute approximate surface area is 123 Å². The Hall–Kier alpha value is -2.14. The Bertz CT molecular complexity index is 568. The van der Waals surface area contributed by atoms with Gasteiger partial charge >= 0.3 is 0 Å². The van der Waals surface area contributed by atoms with Gasteiger partial charge in [0.2, 0.25) is 5.91 Å². The molecule has 2 atom stereocenters. The maximum Gasteiger partial charge on any atom is 0.220 e. The lowest BCUT2D eigenvalue weighted by Gasteiger charge is -2.19. The Balaban J connectivity index is 1.55. The van der Waals surface area contributed by atoms with Crippen molar-refractivity contribution in [3.05, 3.63) is 54.2 Å². The third-order valence-electron chi connectivity index (χ3n) is 3.67. The first-order chi connectivity index (χ1) is 10.3. The van der Waals surface area contributed by atoms with Crippen LogP contribution >= 0.6 is 0 Å². The van der Waals surface area contributed by atoms with Gasteiger partial charge in [-0.25, -0.2) is 0 Å². The van der Waals surface area contributed by atoms with Crippen LogP contribution in [0.3, 0.4) is 0 Å². The largest absolute Gasteiger partial charge is 0.472 e. The fourth-order valence-corrected chi connectivity index (χ4v) is 2.58. The van der Waals surface area contributed by atoms with Gasteiger partial charge in [-0.2, -0.15) is 0 Å². The van der Waals surface area contributed by atoms with E-state index in [1.165, 1.54) is 0 Å². The number of furan rings is 1. The number of pyridine rings is 1. The number of ether oxygens (including phenoxy) is 1. The summed E-state index contributed by atoms with van der Waals surface area (Å²) in [7, 11) is 0. The zero-order chi connectivity index (χ0) is 14.5. The van der Waals surface area contributed by atoms with Gasteiger partial charge in [0, 0.05) is 31.0 Å². The summed E-state index contributed by atoms with van der Waals surface area (Å²) in [6, 6.07) is 5.76. The van der Waals surface area contributed by atoms with Gasteiger partial charge in [-0.3, -0.25) is 9.78 Å². The van der Waals surface area contributed by atoms with Crippen molar-refractivity contribution in [1.29, 1.82) is 0 Å². The van der Waals surface area contributed by atoms with Crippen LogP contribution in [0.4, 0.5) is 0 Å². The number of aryl methyl sites for hydroxylation is 1. The fourth-order valence-electron chi connectivity index (χ4n) is 2.58. The van der Waals surface area contributed by atoms with E-state index in [2.05, 4.69) is 10.3 Å². The molecule has 21 heavy (non-hydrogen) atoms. The number of nitrogens with zero attached hydrogens (tertiary/aromatic N) is 1. The van der Waals surface area contributed by atoms with Crippen molar-refractivity contribution in [3.63, 3.8) is 0 Å². The average Bonchev–Trinajstić information content (AvgIpc) is 3.17. The van der Waals surface area contributed by atoms with Crippen LogP contribution in [0.2, 0.25) is 0 Å². The number of hydrogen-bond acceptors (Lipinski definition) is 4. The number of nitrogens with one attached hydrogen (secondary N) is 1. The maximum absolute atomic E-state index is 12.1. The van der Waals surface area contributed by atoms with E-state index in [-0.39, 0.29) is 18.1 Å². The molecule has 5 heteroatoms. The molecule has 3 rings (SSSR count). The second kappa shape index (κ2) is 6.54. The van der Waals surface area contributed by atoms with Gasteiger partial charge in [0.25, 0.3) is 0 Å². The summed E-state index contributed by atoms with van der Waals surface area (Å²) in [6.07, 6.45) is 8.69. The molecule has 1 fully saturated rings. The van der Waals surface area contributed by atoms with E-state index in [1.54, 1.807) is 24.9 Å². The molecule has 1 aliphatic rings. The number of amides is 1. The first-order valence-corrected chi connectivity index (χ1v) is 7.15. The number of aromatic nitrogens is 1. The van der Waals surface area contributed by atoms with Crippen LogP contribution in [0.5, 0.6) is 0 Å². The first kappa shape index (κ1) is 13.8.